The van der Waals surface area contributed by atoms with Gasteiger partial charge in [-0.25, -0.2) is 0 Å². The van der Waals surface area contributed by atoms with E-state index in [4.69, 9.17) is 5.11 Å². The molecule has 134 valence electrons. The van der Waals surface area contributed by atoms with Gasteiger partial charge in [-0.1, -0.05) is 74.1 Å². The lowest BCUT2D eigenvalue weighted by Gasteiger charge is -1.94. The molecule has 0 aromatic rings. The molecule has 0 spiro atoms. The molecule has 0 aromatic carbocycles. The van der Waals surface area contributed by atoms with Gasteiger partial charge in [0.05, 0.1) is 0 Å². The number of unbranched alkanes of at least 4 members (excludes halogenated alkanes) is 3. The molecule has 0 unspecified atom stereocenters. The maximum Gasteiger partial charge on any atom is 0.303 e. The van der Waals surface area contributed by atoms with E-state index < -0.39 is 5.97 Å². The van der Waals surface area contributed by atoms with Crippen molar-refractivity contribution >= 4 is 5.97 Å². The molecule has 0 bridgehead atoms. The molecular formula is C22H34O2. The van der Waals surface area contributed by atoms with E-state index in [1.807, 2.05) is 0 Å². The number of aliphatic carboxylic acids is 1. The van der Waals surface area contributed by atoms with Crippen molar-refractivity contribution in [3.05, 3.63) is 60.8 Å². The van der Waals surface area contributed by atoms with Crippen LogP contribution in [-0.2, 0) is 4.79 Å². The van der Waals surface area contributed by atoms with Crippen molar-refractivity contribution in [3.63, 3.8) is 0 Å². The number of carboxylic acids is 1. The Hall–Kier alpha value is -1.83. The second-order valence-corrected chi connectivity index (χ2v) is 5.70. The molecule has 0 aromatic heterocycles. The van der Waals surface area contributed by atoms with Gasteiger partial charge in [0, 0.05) is 6.42 Å². The molecule has 2 heteroatoms. The highest BCUT2D eigenvalue weighted by Crippen LogP contribution is 2.04. The Morgan fingerprint density at radius 3 is 1.58 bits per heavy atom. The van der Waals surface area contributed by atoms with Gasteiger partial charge in [0.15, 0.2) is 0 Å². The van der Waals surface area contributed by atoms with Gasteiger partial charge >= 0.3 is 5.97 Å². The fourth-order valence-electron chi connectivity index (χ4n) is 2.08. The molecule has 0 fully saturated rings. The van der Waals surface area contributed by atoms with Crippen LogP contribution in [0.1, 0.15) is 71.1 Å². The van der Waals surface area contributed by atoms with E-state index >= 15 is 0 Å². The molecule has 1 N–H and O–H groups in total. The van der Waals surface area contributed by atoms with Crippen LogP contribution in [0.15, 0.2) is 60.8 Å². The fraction of sp³-hybridized carbons (Fsp3) is 0.500. The maximum absolute atomic E-state index is 10.3. The summed E-state index contributed by atoms with van der Waals surface area (Å²) in [6, 6.07) is 0. The van der Waals surface area contributed by atoms with Crippen LogP contribution >= 0.6 is 0 Å². The van der Waals surface area contributed by atoms with Gasteiger partial charge in [-0.2, -0.15) is 0 Å². The van der Waals surface area contributed by atoms with Gasteiger partial charge in [0.1, 0.15) is 0 Å². The first kappa shape index (κ1) is 22.2. The summed E-state index contributed by atoms with van der Waals surface area (Å²) in [7, 11) is 0. The van der Waals surface area contributed by atoms with E-state index in [0.717, 1.165) is 57.8 Å². The number of carbonyl (C=O) groups is 1. The van der Waals surface area contributed by atoms with Gasteiger partial charge in [-0.3, -0.25) is 4.79 Å². The summed E-state index contributed by atoms with van der Waals surface area (Å²) in [5.41, 5.74) is 0. The van der Waals surface area contributed by atoms with E-state index in [0.29, 0.717) is 6.42 Å². The van der Waals surface area contributed by atoms with Crippen molar-refractivity contribution in [2.45, 2.75) is 71.1 Å². The molecule has 2 nitrogen and oxygen atoms in total. The molecule has 0 saturated carbocycles. The zero-order valence-corrected chi connectivity index (χ0v) is 15.2. The summed E-state index contributed by atoms with van der Waals surface area (Å²) in [6.45, 7) is 2.15. The van der Waals surface area contributed by atoms with Crippen molar-refractivity contribution in [1.29, 1.82) is 0 Å². The molecular weight excluding hydrogens is 296 g/mol. The van der Waals surface area contributed by atoms with Gasteiger partial charge in [-0.05, 0) is 51.4 Å². The molecule has 0 amide bonds. The van der Waals surface area contributed by atoms with E-state index in [-0.39, 0.29) is 0 Å². The normalized spacial score (nSPS) is 12.7. The largest absolute Gasteiger partial charge is 0.481 e. The van der Waals surface area contributed by atoms with E-state index in [9.17, 15) is 4.79 Å². The van der Waals surface area contributed by atoms with Gasteiger partial charge in [0.25, 0.3) is 0 Å². The van der Waals surface area contributed by atoms with Gasteiger partial charge < -0.3 is 5.11 Å². The Labute approximate surface area is 148 Å². The highest BCUT2D eigenvalue weighted by atomic mass is 16.4. The first-order chi connectivity index (χ1) is 11.8. The monoisotopic (exact) mass is 330 g/mol. The first-order valence-electron chi connectivity index (χ1n) is 9.24. The third kappa shape index (κ3) is 20.2. The van der Waals surface area contributed by atoms with Crippen LogP contribution in [0.2, 0.25) is 0 Å². The molecule has 24 heavy (non-hydrogen) atoms. The minimum atomic E-state index is -0.690. The van der Waals surface area contributed by atoms with Crippen LogP contribution in [0.3, 0.4) is 0 Å². The summed E-state index contributed by atoms with van der Waals surface area (Å²) >= 11 is 0. The lowest BCUT2D eigenvalue weighted by molar-refractivity contribution is -0.137. The Morgan fingerprint density at radius 1 is 0.667 bits per heavy atom. The summed E-state index contributed by atoms with van der Waals surface area (Å²) in [6.07, 6.45) is 31.3. The maximum atomic E-state index is 10.3. The molecule has 0 aliphatic rings. The standard InChI is InChI=1S/C22H34O2/c1-2-3-4-5-6-7-8-9-10-11-12-13-14-15-16-17-18-19-20-21-22(23)24/h3-4,6-7,9-10,12-13,15-16H,2,5,8,11,14,17-21H2,1H3,(H,23,24)/b4-3+,7-6+,10-9-,13-12-,16-15-. The molecule has 0 aliphatic carbocycles. The van der Waals surface area contributed by atoms with Crippen LogP contribution < -0.4 is 0 Å². The Balaban J connectivity index is 3.42. The van der Waals surface area contributed by atoms with E-state index in [1.165, 1.54) is 0 Å². The zero-order chi connectivity index (χ0) is 17.7. The molecule has 0 heterocycles. The third-order valence-corrected chi connectivity index (χ3v) is 3.42. The van der Waals surface area contributed by atoms with E-state index in [2.05, 4.69) is 67.7 Å². The minimum absolute atomic E-state index is 0.297. The number of carboxylic acid groups (broad SMARTS) is 1. The average Bonchev–Trinajstić information content (AvgIpc) is 2.56. The highest BCUT2D eigenvalue weighted by molar-refractivity contribution is 5.66. The number of rotatable bonds is 15. The lowest BCUT2D eigenvalue weighted by Crippen LogP contribution is -1.93. The highest BCUT2D eigenvalue weighted by Gasteiger charge is 1.94. The average molecular weight is 331 g/mol. The molecule has 0 radical (unpaired) electrons. The number of allylic oxidation sites excluding steroid dienone is 10. The minimum Gasteiger partial charge on any atom is -0.481 e. The van der Waals surface area contributed by atoms with Crippen LogP contribution in [0.5, 0.6) is 0 Å². The zero-order valence-electron chi connectivity index (χ0n) is 15.2. The Morgan fingerprint density at radius 2 is 1.12 bits per heavy atom. The van der Waals surface area contributed by atoms with Crippen molar-refractivity contribution < 1.29 is 9.90 Å². The van der Waals surface area contributed by atoms with Crippen LogP contribution in [-0.4, -0.2) is 11.1 Å². The van der Waals surface area contributed by atoms with Gasteiger partial charge in [-0.15, -0.1) is 0 Å². The summed E-state index contributed by atoms with van der Waals surface area (Å²) < 4.78 is 0. The van der Waals surface area contributed by atoms with E-state index in [1.54, 1.807) is 0 Å². The van der Waals surface area contributed by atoms with Crippen LogP contribution in [0.4, 0.5) is 0 Å². The molecule has 0 rings (SSSR count). The molecule has 0 aliphatic heterocycles. The smallest absolute Gasteiger partial charge is 0.303 e. The van der Waals surface area contributed by atoms with Crippen molar-refractivity contribution in [2.75, 3.05) is 0 Å². The van der Waals surface area contributed by atoms with Crippen LogP contribution in [0.25, 0.3) is 0 Å². The second-order valence-electron chi connectivity index (χ2n) is 5.70. The molecule has 0 saturated heterocycles. The topological polar surface area (TPSA) is 37.3 Å². The quantitative estimate of drug-likeness (QED) is 0.265. The van der Waals surface area contributed by atoms with Crippen molar-refractivity contribution in [3.8, 4) is 0 Å². The van der Waals surface area contributed by atoms with Crippen LogP contribution in [0, 0.1) is 0 Å². The SMILES string of the molecule is CC/C=C/C/C=C/C/C=C\C/C=C\C/C=C\CCCCCC(=O)O. The summed E-state index contributed by atoms with van der Waals surface area (Å²) in [5, 5.41) is 8.52. The summed E-state index contributed by atoms with van der Waals surface area (Å²) in [5.74, 6) is -0.690. The lowest BCUT2D eigenvalue weighted by atomic mass is 10.1. The number of hydrogen-bond donors (Lipinski definition) is 1. The van der Waals surface area contributed by atoms with Crippen molar-refractivity contribution in [1.82, 2.24) is 0 Å². The third-order valence-electron chi connectivity index (χ3n) is 3.42. The van der Waals surface area contributed by atoms with Crippen molar-refractivity contribution in [2.24, 2.45) is 0 Å². The molecule has 0 atom stereocenters. The predicted octanol–water partition coefficient (Wildman–Crippen LogP) is 6.77. The second kappa shape index (κ2) is 19.2. The van der Waals surface area contributed by atoms with Gasteiger partial charge in [0.2, 0.25) is 0 Å². The fourth-order valence-corrected chi connectivity index (χ4v) is 2.08. The Kier molecular flexibility index (Phi) is 17.8. The summed E-state index contributed by atoms with van der Waals surface area (Å²) in [4.78, 5) is 10.3. The number of hydrogen-bond acceptors (Lipinski definition) is 1. The first-order valence-corrected chi connectivity index (χ1v) is 9.24. The Bertz CT molecular complexity index is 425. The predicted molar refractivity (Wildman–Crippen MR) is 105 cm³/mol.